The van der Waals surface area contributed by atoms with E-state index in [1.807, 2.05) is 26.0 Å². The number of esters is 1. The maximum absolute atomic E-state index is 12.4. The topological polar surface area (TPSA) is 85.6 Å². The average molecular weight is 421 g/mol. The fourth-order valence-corrected chi connectivity index (χ4v) is 3.35. The molecule has 0 fully saturated rings. The van der Waals surface area contributed by atoms with Crippen molar-refractivity contribution >= 4 is 22.8 Å². The summed E-state index contributed by atoms with van der Waals surface area (Å²) in [7, 11) is 0. The summed E-state index contributed by atoms with van der Waals surface area (Å²) in [6.45, 7) is 7.78. The molecule has 2 aromatic carbocycles. The summed E-state index contributed by atoms with van der Waals surface area (Å²) in [6.07, 6.45) is 0. The van der Waals surface area contributed by atoms with Crippen molar-refractivity contribution in [1.82, 2.24) is 5.32 Å². The second kappa shape index (κ2) is 9.60. The van der Waals surface area contributed by atoms with Crippen molar-refractivity contribution in [2.75, 3.05) is 6.61 Å². The summed E-state index contributed by atoms with van der Waals surface area (Å²) < 4.78 is 10.2. The number of hydrogen-bond acceptors (Lipinski definition) is 5. The first-order valence-electron chi connectivity index (χ1n) is 10.4. The second-order valence-electron chi connectivity index (χ2n) is 8.17. The molecule has 3 rings (SSSR count). The molecule has 1 amide bonds. The van der Waals surface area contributed by atoms with Crippen molar-refractivity contribution in [3.05, 3.63) is 81.7 Å². The number of rotatable bonds is 7. The fourth-order valence-electron chi connectivity index (χ4n) is 3.35. The number of carbonyl (C=O) groups excluding carboxylic acids is 2. The van der Waals surface area contributed by atoms with Gasteiger partial charge in [0.15, 0.2) is 6.61 Å². The Hall–Kier alpha value is -3.41. The van der Waals surface area contributed by atoms with Crippen LogP contribution in [-0.4, -0.2) is 18.5 Å². The molecule has 0 saturated carbocycles. The highest BCUT2D eigenvalue weighted by Gasteiger charge is 2.21. The van der Waals surface area contributed by atoms with Gasteiger partial charge in [0, 0.05) is 5.39 Å². The number of carbonyl (C=O) groups is 2. The van der Waals surface area contributed by atoms with Crippen LogP contribution in [0.2, 0.25) is 0 Å². The molecule has 1 N–H and O–H groups in total. The lowest BCUT2D eigenvalue weighted by atomic mass is 9.93. The van der Waals surface area contributed by atoms with Crippen LogP contribution in [0.25, 0.3) is 11.0 Å². The van der Waals surface area contributed by atoms with Crippen molar-refractivity contribution in [1.29, 1.82) is 0 Å². The predicted octanol–water partition coefficient (Wildman–Crippen LogP) is 4.59. The van der Waals surface area contributed by atoms with E-state index in [1.165, 1.54) is 11.6 Å². The SMILES string of the molecule is CC(C)c1ccc([C@@H](NC(=O)COC(=O)c2cc3ccccc3oc2=O)C(C)C)cc1. The monoisotopic (exact) mass is 421 g/mol. The lowest BCUT2D eigenvalue weighted by molar-refractivity contribution is -0.125. The van der Waals surface area contributed by atoms with E-state index < -0.39 is 24.1 Å². The van der Waals surface area contributed by atoms with E-state index >= 15 is 0 Å². The number of hydrogen-bond donors (Lipinski definition) is 1. The van der Waals surface area contributed by atoms with Crippen molar-refractivity contribution in [2.24, 2.45) is 5.92 Å². The first-order chi connectivity index (χ1) is 14.8. The Balaban J connectivity index is 1.66. The predicted molar refractivity (Wildman–Crippen MR) is 119 cm³/mol. The molecule has 0 aliphatic rings. The highest BCUT2D eigenvalue weighted by molar-refractivity contribution is 5.94. The van der Waals surface area contributed by atoms with E-state index in [4.69, 9.17) is 9.15 Å². The standard InChI is InChI=1S/C25H27NO5/c1-15(2)17-9-11-18(12-10-17)23(16(3)4)26-22(27)14-30-24(28)20-13-19-7-5-6-8-21(19)31-25(20)29/h5-13,15-16,23H,14H2,1-4H3,(H,26,27)/t23-/m0/s1. The first kappa shape index (κ1) is 22.3. The Kier molecular flexibility index (Phi) is 6.90. The van der Waals surface area contributed by atoms with Gasteiger partial charge in [-0.15, -0.1) is 0 Å². The Morgan fingerprint density at radius 2 is 1.61 bits per heavy atom. The Labute approximate surface area is 181 Å². The van der Waals surface area contributed by atoms with Gasteiger partial charge in [-0.3, -0.25) is 4.79 Å². The maximum atomic E-state index is 12.4. The number of para-hydroxylation sites is 1. The molecule has 0 aliphatic heterocycles. The van der Waals surface area contributed by atoms with Gasteiger partial charge in [-0.25, -0.2) is 9.59 Å². The molecular formula is C25H27NO5. The van der Waals surface area contributed by atoms with Gasteiger partial charge in [-0.05, 0) is 35.1 Å². The summed E-state index contributed by atoms with van der Waals surface area (Å²) in [5.41, 5.74) is 1.55. The quantitative estimate of drug-likeness (QED) is 0.446. The smallest absolute Gasteiger partial charge is 0.351 e. The van der Waals surface area contributed by atoms with Gasteiger partial charge in [0.25, 0.3) is 5.91 Å². The summed E-state index contributed by atoms with van der Waals surface area (Å²) in [5.74, 6) is -0.771. The van der Waals surface area contributed by atoms with Crippen molar-refractivity contribution in [3.63, 3.8) is 0 Å². The number of benzene rings is 2. The molecule has 162 valence electrons. The molecule has 31 heavy (non-hydrogen) atoms. The lowest BCUT2D eigenvalue weighted by Gasteiger charge is -2.23. The molecule has 0 radical (unpaired) electrons. The Morgan fingerprint density at radius 3 is 2.26 bits per heavy atom. The second-order valence-corrected chi connectivity index (χ2v) is 8.17. The van der Waals surface area contributed by atoms with E-state index in [0.717, 1.165) is 5.56 Å². The van der Waals surface area contributed by atoms with Crippen LogP contribution in [0.1, 0.15) is 61.1 Å². The van der Waals surface area contributed by atoms with Gasteiger partial charge in [0.1, 0.15) is 11.1 Å². The summed E-state index contributed by atoms with van der Waals surface area (Å²) >= 11 is 0. The summed E-state index contributed by atoms with van der Waals surface area (Å²) in [5, 5.41) is 3.51. The molecule has 0 aliphatic carbocycles. The van der Waals surface area contributed by atoms with Crippen molar-refractivity contribution in [2.45, 2.75) is 39.7 Å². The van der Waals surface area contributed by atoms with Crippen LogP contribution in [0.5, 0.6) is 0 Å². The van der Waals surface area contributed by atoms with Crippen molar-refractivity contribution < 1.29 is 18.7 Å². The summed E-state index contributed by atoms with van der Waals surface area (Å²) in [6, 6.07) is 16.2. The molecule has 0 bridgehead atoms. The van der Waals surface area contributed by atoms with Gasteiger partial charge >= 0.3 is 11.6 Å². The highest BCUT2D eigenvalue weighted by Crippen LogP contribution is 2.24. The van der Waals surface area contributed by atoms with Crippen LogP contribution in [0.15, 0.2) is 63.8 Å². The molecule has 0 unspecified atom stereocenters. The minimum atomic E-state index is -0.892. The molecule has 1 atom stereocenters. The molecule has 1 heterocycles. The van der Waals surface area contributed by atoms with Crippen LogP contribution in [0.4, 0.5) is 0 Å². The normalized spacial score (nSPS) is 12.2. The maximum Gasteiger partial charge on any atom is 0.351 e. The number of fused-ring (bicyclic) bond motifs is 1. The van der Waals surface area contributed by atoms with Gasteiger partial charge in [-0.2, -0.15) is 0 Å². The van der Waals surface area contributed by atoms with E-state index in [-0.39, 0.29) is 17.5 Å². The van der Waals surface area contributed by atoms with Gasteiger partial charge in [0.2, 0.25) is 0 Å². The highest BCUT2D eigenvalue weighted by atomic mass is 16.5. The number of ether oxygens (including phenoxy) is 1. The van der Waals surface area contributed by atoms with E-state index in [9.17, 15) is 14.4 Å². The third-order valence-electron chi connectivity index (χ3n) is 5.14. The minimum absolute atomic E-state index is 0.136. The van der Waals surface area contributed by atoms with Crippen LogP contribution in [0.3, 0.4) is 0 Å². The molecule has 6 nitrogen and oxygen atoms in total. The van der Waals surface area contributed by atoms with E-state index in [2.05, 4.69) is 31.3 Å². The molecular weight excluding hydrogens is 394 g/mol. The van der Waals surface area contributed by atoms with Gasteiger partial charge < -0.3 is 14.5 Å². The molecule has 0 saturated heterocycles. The first-order valence-corrected chi connectivity index (χ1v) is 10.4. The van der Waals surface area contributed by atoms with E-state index in [0.29, 0.717) is 16.9 Å². The third kappa shape index (κ3) is 5.40. The van der Waals surface area contributed by atoms with Crippen molar-refractivity contribution in [3.8, 4) is 0 Å². The average Bonchev–Trinajstić information content (AvgIpc) is 2.75. The van der Waals surface area contributed by atoms with Crippen LogP contribution < -0.4 is 10.9 Å². The third-order valence-corrected chi connectivity index (χ3v) is 5.14. The number of nitrogens with one attached hydrogen (secondary N) is 1. The molecule has 0 spiro atoms. The number of amides is 1. The van der Waals surface area contributed by atoms with Gasteiger partial charge in [-0.1, -0.05) is 70.2 Å². The Bertz CT molecular complexity index is 1130. The Morgan fingerprint density at radius 1 is 0.968 bits per heavy atom. The van der Waals surface area contributed by atoms with Gasteiger partial charge in [0.05, 0.1) is 6.04 Å². The van der Waals surface area contributed by atoms with Crippen LogP contribution >= 0.6 is 0 Å². The molecule has 3 aromatic rings. The van der Waals surface area contributed by atoms with Crippen LogP contribution in [0, 0.1) is 5.92 Å². The fraction of sp³-hybridized carbons (Fsp3) is 0.320. The zero-order valence-corrected chi connectivity index (χ0v) is 18.2. The van der Waals surface area contributed by atoms with E-state index in [1.54, 1.807) is 24.3 Å². The molecule has 6 heteroatoms. The molecule has 1 aromatic heterocycles. The van der Waals surface area contributed by atoms with Crippen LogP contribution in [-0.2, 0) is 9.53 Å². The summed E-state index contributed by atoms with van der Waals surface area (Å²) in [4.78, 5) is 36.9. The largest absolute Gasteiger partial charge is 0.452 e. The minimum Gasteiger partial charge on any atom is -0.452 e. The zero-order valence-electron chi connectivity index (χ0n) is 18.2. The lowest BCUT2D eigenvalue weighted by Crippen LogP contribution is -2.35. The zero-order chi connectivity index (χ0) is 22.5.